The minimum Gasteiger partial charge on any atom is -0.497 e. The molecule has 2 aromatic rings. The Hall–Kier alpha value is -2.93. The van der Waals surface area contributed by atoms with E-state index in [0.717, 1.165) is 28.2 Å². The number of hydrogen-bond donors (Lipinski definition) is 1. The molecule has 7 nitrogen and oxygen atoms in total. The fourth-order valence-electron chi connectivity index (χ4n) is 4.51. The molecule has 1 saturated heterocycles. The van der Waals surface area contributed by atoms with Crippen molar-refractivity contribution in [2.45, 2.75) is 32.3 Å². The van der Waals surface area contributed by atoms with Crippen molar-refractivity contribution in [3.63, 3.8) is 0 Å². The number of hydrogen-bond acceptors (Lipinski definition) is 5. The molecule has 0 aliphatic carbocycles. The van der Waals surface area contributed by atoms with Crippen molar-refractivity contribution >= 4 is 23.4 Å². The Labute approximate surface area is 198 Å². The number of nitrogens with zero attached hydrogens (tertiary/aromatic N) is 1. The molecule has 4 rings (SSSR count). The minimum atomic E-state index is -0.179. The van der Waals surface area contributed by atoms with Gasteiger partial charge in [0.05, 0.1) is 25.8 Å². The molecule has 2 heterocycles. The number of amides is 2. The molecule has 2 aromatic carbocycles. The molecule has 8 heteroatoms. The van der Waals surface area contributed by atoms with E-state index in [1.54, 1.807) is 26.0 Å². The Kier molecular flexibility index (Phi) is 6.98. The lowest BCUT2D eigenvalue weighted by Gasteiger charge is -2.30. The van der Waals surface area contributed by atoms with E-state index in [1.807, 2.05) is 24.3 Å². The lowest BCUT2D eigenvalue weighted by atomic mass is 9.95. The van der Waals surface area contributed by atoms with Crippen molar-refractivity contribution in [1.82, 2.24) is 10.2 Å². The summed E-state index contributed by atoms with van der Waals surface area (Å²) in [7, 11) is 3.26. The van der Waals surface area contributed by atoms with Gasteiger partial charge in [0.2, 0.25) is 11.8 Å². The highest BCUT2D eigenvalue weighted by Gasteiger charge is 2.29. The topological polar surface area (TPSA) is 77.1 Å². The third-order valence-corrected chi connectivity index (χ3v) is 6.67. The first-order chi connectivity index (χ1) is 15.9. The lowest BCUT2D eigenvalue weighted by Crippen LogP contribution is -2.44. The van der Waals surface area contributed by atoms with Gasteiger partial charge in [-0.25, -0.2) is 0 Å². The maximum absolute atomic E-state index is 12.6. The molecule has 33 heavy (non-hydrogen) atoms. The fourth-order valence-corrected chi connectivity index (χ4v) is 4.80. The van der Waals surface area contributed by atoms with E-state index in [2.05, 4.69) is 11.4 Å². The number of carbonyl (C=O) groups excluding carboxylic acids is 2. The van der Waals surface area contributed by atoms with Crippen LogP contribution in [0.4, 0.5) is 0 Å². The van der Waals surface area contributed by atoms with Crippen molar-refractivity contribution in [2.24, 2.45) is 5.92 Å². The van der Waals surface area contributed by atoms with Gasteiger partial charge in [0.25, 0.3) is 0 Å². The lowest BCUT2D eigenvalue weighted by molar-refractivity contribution is -0.134. The SMILES string of the molecule is COc1ccc(OC)c(-c2cc(Cl)c3c(c2)CC(CNC(=O)C2CCN(C(C)=O)CC2)O3)c1. The number of fused-ring (bicyclic) bond motifs is 1. The average Bonchev–Trinajstić information content (AvgIpc) is 3.25. The third-order valence-electron chi connectivity index (χ3n) is 6.39. The normalized spacial score (nSPS) is 17.8. The number of benzene rings is 2. The van der Waals surface area contributed by atoms with Gasteiger partial charge in [-0.05, 0) is 48.7 Å². The van der Waals surface area contributed by atoms with E-state index in [9.17, 15) is 9.59 Å². The van der Waals surface area contributed by atoms with E-state index in [0.29, 0.717) is 49.7 Å². The Balaban J connectivity index is 1.41. The summed E-state index contributed by atoms with van der Waals surface area (Å²) < 4.78 is 16.9. The number of piperidine rings is 1. The van der Waals surface area contributed by atoms with Crippen LogP contribution in [0.2, 0.25) is 5.02 Å². The molecule has 0 radical (unpaired) electrons. The monoisotopic (exact) mass is 472 g/mol. The molecule has 176 valence electrons. The van der Waals surface area contributed by atoms with Gasteiger partial charge in [0.1, 0.15) is 23.4 Å². The van der Waals surface area contributed by atoms with Gasteiger partial charge in [0.15, 0.2) is 0 Å². The minimum absolute atomic E-state index is 0.0191. The molecular formula is C25H29ClN2O5. The number of carbonyl (C=O) groups is 2. The number of ether oxygens (including phenoxy) is 3. The zero-order chi connectivity index (χ0) is 23.5. The molecule has 2 aliphatic heterocycles. The Morgan fingerprint density at radius 3 is 2.58 bits per heavy atom. The number of nitrogens with one attached hydrogen (secondary N) is 1. The van der Waals surface area contributed by atoms with Crippen LogP contribution >= 0.6 is 11.6 Å². The van der Waals surface area contributed by atoms with Crippen molar-refractivity contribution in [3.05, 3.63) is 40.9 Å². The predicted octanol–water partition coefficient (Wildman–Crippen LogP) is 3.70. The van der Waals surface area contributed by atoms with Crippen LogP contribution in [0.1, 0.15) is 25.3 Å². The van der Waals surface area contributed by atoms with Gasteiger partial charge in [-0.15, -0.1) is 0 Å². The summed E-state index contributed by atoms with van der Waals surface area (Å²) in [6.07, 6.45) is 1.85. The molecule has 1 atom stereocenters. The van der Waals surface area contributed by atoms with Crippen molar-refractivity contribution < 1.29 is 23.8 Å². The summed E-state index contributed by atoms with van der Waals surface area (Å²) in [5.74, 6) is 2.13. The van der Waals surface area contributed by atoms with Crippen LogP contribution in [0, 0.1) is 5.92 Å². The highest BCUT2D eigenvalue weighted by Crippen LogP contribution is 2.42. The predicted molar refractivity (Wildman–Crippen MR) is 126 cm³/mol. The summed E-state index contributed by atoms with van der Waals surface area (Å²) >= 11 is 6.57. The van der Waals surface area contributed by atoms with Gasteiger partial charge in [0, 0.05) is 43.5 Å². The van der Waals surface area contributed by atoms with Gasteiger partial charge < -0.3 is 24.4 Å². The maximum atomic E-state index is 12.6. The average molecular weight is 473 g/mol. The molecule has 2 amide bonds. The zero-order valence-electron chi connectivity index (χ0n) is 19.2. The standard InChI is InChI=1S/C25H29ClN2O5/c1-15(29)28-8-6-16(7-9-28)25(30)27-14-20-11-18-10-17(12-22(26)24(18)33-20)21-13-19(31-2)4-5-23(21)32-3/h4-5,10,12-13,16,20H,6-9,11,14H2,1-3H3,(H,27,30). The molecule has 0 aromatic heterocycles. The number of likely N-dealkylation sites (tertiary alicyclic amines) is 1. The third kappa shape index (κ3) is 5.03. The van der Waals surface area contributed by atoms with Crippen molar-refractivity contribution in [3.8, 4) is 28.4 Å². The Bertz CT molecular complexity index is 1050. The molecule has 1 N–H and O–H groups in total. The van der Waals surface area contributed by atoms with Crippen LogP contribution in [0.5, 0.6) is 17.2 Å². The van der Waals surface area contributed by atoms with E-state index in [1.165, 1.54) is 0 Å². The smallest absolute Gasteiger partial charge is 0.223 e. The van der Waals surface area contributed by atoms with Gasteiger partial charge in [-0.2, -0.15) is 0 Å². The van der Waals surface area contributed by atoms with Crippen molar-refractivity contribution in [2.75, 3.05) is 33.9 Å². The summed E-state index contributed by atoms with van der Waals surface area (Å²) in [5, 5.41) is 3.55. The first kappa shape index (κ1) is 23.2. The molecule has 0 spiro atoms. The van der Waals surface area contributed by atoms with E-state index in [4.69, 9.17) is 25.8 Å². The molecule has 0 bridgehead atoms. The van der Waals surface area contributed by atoms with Gasteiger partial charge >= 0.3 is 0 Å². The van der Waals surface area contributed by atoms with Gasteiger partial charge in [-0.1, -0.05) is 11.6 Å². The van der Waals surface area contributed by atoms with Crippen LogP contribution in [-0.4, -0.2) is 56.7 Å². The Morgan fingerprint density at radius 2 is 1.91 bits per heavy atom. The maximum Gasteiger partial charge on any atom is 0.223 e. The molecular weight excluding hydrogens is 444 g/mol. The van der Waals surface area contributed by atoms with E-state index >= 15 is 0 Å². The van der Waals surface area contributed by atoms with Crippen LogP contribution in [0.3, 0.4) is 0 Å². The van der Waals surface area contributed by atoms with Crippen LogP contribution in [0.25, 0.3) is 11.1 Å². The first-order valence-corrected chi connectivity index (χ1v) is 11.5. The molecule has 2 aliphatic rings. The molecule has 0 saturated carbocycles. The van der Waals surface area contributed by atoms with Gasteiger partial charge in [-0.3, -0.25) is 9.59 Å². The highest BCUT2D eigenvalue weighted by molar-refractivity contribution is 6.32. The number of halogens is 1. The summed E-state index contributed by atoms with van der Waals surface area (Å²) in [4.78, 5) is 25.9. The quantitative estimate of drug-likeness (QED) is 0.693. The largest absolute Gasteiger partial charge is 0.497 e. The molecule has 1 unspecified atom stereocenters. The van der Waals surface area contributed by atoms with Crippen LogP contribution in [-0.2, 0) is 16.0 Å². The van der Waals surface area contributed by atoms with Crippen LogP contribution in [0.15, 0.2) is 30.3 Å². The molecule has 1 fully saturated rings. The number of rotatable bonds is 6. The summed E-state index contributed by atoms with van der Waals surface area (Å²) in [5.41, 5.74) is 2.80. The first-order valence-electron chi connectivity index (χ1n) is 11.1. The summed E-state index contributed by atoms with van der Waals surface area (Å²) in [6.45, 7) is 3.24. The Morgan fingerprint density at radius 1 is 1.15 bits per heavy atom. The fraction of sp³-hybridized carbons (Fsp3) is 0.440. The van der Waals surface area contributed by atoms with Crippen molar-refractivity contribution in [1.29, 1.82) is 0 Å². The second-order valence-electron chi connectivity index (χ2n) is 8.48. The summed E-state index contributed by atoms with van der Waals surface area (Å²) in [6, 6.07) is 9.55. The van der Waals surface area contributed by atoms with Crippen LogP contribution < -0.4 is 19.5 Å². The second kappa shape index (κ2) is 9.91. The second-order valence-corrected chi connectivity index (χ2v) is 8.89. The van der Waals surface area contributed by atoms with E-state index in [-0.39, 0.29) is 23.8 Å². The highest BCUT2D eigenvalue weighted by atomic mass is 35.5. The zero-order valence-corrected chi connectivity index (χ0v) is 19.9. The van der Waals surface area contributed by atoms with E-state index < -0.39 is 0 Å². The number of methoxy groups -OCH3 is 2.